The molecule has 4 rings (SSSR count). The van der Waals surface area contributed by atoms with Crippen molar-refractivity contribution in [3.63, 3.8) is 0 Å². The van der Waals surface area contributed by atoms with Crippen molar-refractivity contribution in [1.82, 2.24) is 30.4 Å². The summed E-state index contributed by atoms with van der Waals surface area (Å²) >= 11 is 0. The van der Waals surface area contributed by atoms with E-state index in [2.05, 4.69) is 77.0 Å². The lowest BCUT2D eigenvalue weighted by Crippen LogP contribution is -2.45. The number of hydrogen-bond donors (Lipinski definition) is 4. The molecule has 0 aliphatic carbocycles. The summed E-state index contributed by atoms with van der Waals surface area (Å²) < 4.78 is 0. The van der Waals surface area contributed by atoms with Crippen LogP contribution in [0.25, 0.3) is 17.0 Å². The van der Waals surface area contributed by atoms with E-state index >= 15 is 0 Å². The molecule has 0 amide bonds. The standard InChI is InChI=1S/C19H28N4.C5H7N3/c1-4-15-7-8-19-16(10-15)11-18(22-19)12-20-14(2)21-17-6-5-9-23(3)13-17;1-2-5-3-4-8(6)7-5/h7-8,10-11,17,20-22H,2,4-6,9,12-13H2,1,3H3;2-4H,1,6H2. The van der Waals surface area contributed by atoms with Crippen LogP contribution in [0.1, 0.15) is 36.7 Å². The van der Waals surface area contributed by atoms with E-state index in [1.54, 1.807) is 18.3 Å². The number of nitrogens with zero attached hydrogens (tertiary/aromatic N) is 3. The predicted molar refractivity (Wildman–Crippen MR) is 130 cm³/mol. The average Bonchev–Trinajstić information content (AvgIpc) is 3.37. The zero-order chi connectivity index (χ0) is 22.2. The van der Waals surface area contributed by atoms with Crippen molar-refractivity contribution in [3.05, 3.63) is 72.5 Å². The Morgan fingerprint density at radius 3 is 2.84 bits per heavy atom. The zero-order valence-corrected chi connectivity index (χ0v) is 18.7. The van der Waals surface area contributed by atoms with E-state index in [-0.39, 0.29) is 0 Å². The van der Waals surface area contributed by atoms with Crippen LogP contribution in [0.3, 0.4) is 0 Å². The largest absolute Gasteiger partial charge is 0.368 e. The van der Waals surface area contributed by atoms with E-state index in [1.807, 2.05) is 0 Å². The van der Waals surface area contributed by atoms with Gasteiger partial charge < -0.3 is 26.4 Å². The quantitative estimate of drug-likeness (QED) is 0.440. The van der Waals surface area contributed by atoms with Gasteiger partial charge in [-0.25, -0.2) is 0 Å². The van der Waals surface area contributed by atoms with Crippen LogP contribution < -0.4 is 16.5 Å². The van der Waals surface area contributed by atoms with Crippen molar-refractivity contribution in [2.75, 3.05) is 26.0 Å². The van der Waals surface area contributed by atoms with Gasteiger partial charge in [-0.05, 0) is 74.1 Å². The van der Waals surface area contributed by atoms with Crippen LogP contribution in [0.5, 0.6) is 0 Å². The van der Waals surface area contributed by atoms with E-state index < -0.39 is 0 Å². The summed E-state index contributed by atoms with van der Waals surface area (Å²) in [5, 5.41) is 12.0. The lowest BCUT2D eigenvalue weighted by molar-refractivity contribution is 0.233. The van der Waals surface area contributed by atoms with Crippen molar-refractivity contribution < 1.29 is 0 Å². The zero-order valence-electron chi connectivity index (χ0n) is 18.7. The number of H-pyrrole nitrogens is 1. The summed E-state index contributed by atoms with van der Waals surface area (Å²) in [6.07, 6.45) is 6.85. The molecule has 1 fully saturated rings. The number of benzene rings is 1. The van der Waals surface area contributed by atoms with E-state index in [4.69, 9.17) is 5.84 Å². The van der Waals surface area contributed by atoms with Gasteiger partial charge in [0.2, 0.25) is 0 Å². The molecule has 7 heteroatoms. The van der Waals surface area contributed by atoms with Gasteiger partial charge in [-0.2, -0.15) is 9.89 Å². The minimum atomic E-state index is 0.503. The number of rotatable bonds is 7. The monoisotopic (exact) mass is 421 g/mol. The van der Waals surface area contributed by atoms with Crippen molar-refractivity contribution in [2.24, 2.45) is 0 Å². The van der Waals surface area contributed by atoms with E-state index in [0.29, 0.717) is 6.04 Å². The molecule has 3 heterocycles. The molecule has 1 aliphatic heterocycles. The molecule has 31 heavy (non-hydrogen) atoms. The smallest absolute Gasteiger partial charge is 0.0918 e. The molecular weight excluding hydrogens is 386 g/mol. The first-order chi connectivity index (χ1) is 15.0. The van der Waals surface area contributed by atoms with Crippen LogP contribution >= 0.6 is 0 Å². The molecule has 0 spiro atoms. The lowest BCUT2D eigenvalue weighted by atomic mass is 10.1. The Kier molecular flexibility index (Phi) is 7.78. The lowest BCUT2D eigenvalue weighted by Gasteiger charge is -2.31. The third-order valence-electron chi connectivity index (χ3n) is 5.48. The maximum absolute atomic E-state index is 5.21. The maximum Gasteiger partial charge on any atom is 0.0918 e. The molecule has 3 aromatic rings. The molecule has 1 aliphatic rings. The molecule has 0 radical (unpaired) electrons. The Morgan fingerprint density at radius 2 is 2.19 bits per heavy atom. The third-order valence-corrected chi connectivity index (χ3v) is 5.48. The van der Waals surface area contributed by atoms with Gasteiger partial charge in [0.25, 0.3) is 0 Å². The summed E-state index contributed by atoms with van der Waals surface area (Å²) in [5.41, 5.74) is 4.57. The highest BCUT2D eigenvalue weighted by Gasteiger charge is 2.16. The fourth-order valence-electron chi connectivity index (χ4n) is 3.80. The van der Waals surface area contributed by atoms with Gasteiger partial charge >= 0.3 is 0 Å². The van der Waals surface area contributed by atoms with E-state index in [1.165, 1.54) is 46.3 Å². The van der Waals surface area contributed by atoms with Gasteiger partial charge in [0, 0.05) is 30.0 Å². The highest BCUT2D eigenvalue weighted by molar-refractivity contribution is 5.81. The van der Waals surface area contributed by atoms with E-state index in [0.717, 1.165) is 31.0 Å². The van der Waals surface area contributed by atoms with Gasteiger partial charge in [0.15, 0.2) is 0 Å². The first-order valence-corrected chi connectivity index (χ1v) is 10.9. The summed E-state index contributed by atoms with van der Waals surface area (Å²) in [6, 6.07) is 11.1. The summed E-state index contributed by atoms with van der Waals surface area (Å²) in [4.78, 5) is 7.09. The van der Waals surface area contributed by atoms with Crippen molar-refractivity contribution in [2.45, 2.75) is 38.8 Å². The number of aryl methyl sites for hydroxylation is 1. The predicted octanol–water partition coefficient (Wildman–Crippen LogP) is 3.21. The number of nitrogens with two attached hydrogens (primary N) is 1. The van der Waals surface area contributed by atoms with Crippen LogP contribution in [0, 0.1) is 0 Å². The molecule has 0 saturated carbocycles. The first-order valence-electron chi connectivity index (χ1n) is 10.9. The minimum Gasteiger partial charge on any atom is -0.368 e. The fraction of sp³-hybridized carbons (Fsp3) is 0.375. The third kappa shape index (κ3) is 6.65. The molecule has 5 N–H and O–H groups in total. The second-order valence-corrected chi connectivity index (χ2v) is 8.07. The molecule has 166 valence electrons. The maximum atomic E-state index is 5.21. The fourth-order valence-corrected chi connectivity index (χ4v) is 3.80. The Morgan fingerprint density at radius 1 is 1.35 bits per heavy atom. The van der Waals surface area contributed by atoms with Crippen molar-refractivity contribution >= 4 is 17.0 Å². The number of aromatic amines is 1. The van der Waals surface area contributed by atoms with Crippen LogP contribution in [0.4, 0.5) is 0 Å². The average molecular weight is 422 g/mol. The molecular formula is C24H35N7. The van der Waals surface area contributed by atoms with Crippen LogP contribution in [-0.2, 0) is 13.0 Å². The number of piperidine rings is 1. The number of aromatic nitrogens is 3. The van der Waals surface area contributed by atoms with Crippen LogP contribution in [0.2, 0.25) is 0 Å². The van der Waals surface area contributed by atoms with Crippen molar-refractivity contribution in [3.8, 4) is 0 Å². The molecule has 1 aromatic carbocycles. The van der Waals surface area contributed by atoms with Gasteiger partial charge in [-0.3, -0.25) is 0 Å². The van der Waals surface area contributed by atoms with E-state index in [9.17, 15) is 0 Å². The van der Waals surface area contributed by atoms with Crippen LogP contribution in [-0.4, -0.2) is 46.0 Å². The number of likely N-dealkylation sites (N-methyl/N-ethyl adjacent to an activating group) is 1. The number of hydrogen-bond acceptors (Lipinski definition) is 5. The Bertz CT molecular complexity index is 1000. The number of likely N-dealkylation sites (tertiary alicyclic amines) is 1. The SMILES string of the molecule is C=C(NCc1cc2cc(CC)ccc2[nH]1)NC1CCCN(C)C1.C=Cc1ccn(N)n1. The topological polar surface area (TPSA) is 86.9 Å². The molecule has 1 saturated heterocycles. The molecule has 1 unspecified atom stereocenters. The second kappa shape index (κ2) is 10.7. The number of nitrogen functional groups attached to an aromatic ring is 1. The van der Waals surface area contributed by atoms with Gasteiger partial charge in [0.1, 0.15) is 0 Å². The van der Waals surface area contributed by atoms with Gasteiger partial charge in [-0.15, -0.1) is 0 Å². The van der Waals surface area contributed by atoms with Crippen LogP contribution in [0.15, 0.2) is 55.5 Å². The number of nitrogens with one attached hydrogen (secondary N) is 3. The molecule has 7 nitrogen and oxygen atoms in total. The molecule has 2 aromatic heterocycles. The summed E-state index contributed by atoms with van der Waals surface area (Å²) in [5.74, 6) is 6.13. The minimum absolute atomic E-state index is 0.503. The Balaban J connectivity index is 0.000000287. The highest BCUT2D eigenvalue weighted by Crippen LogP contribution is 2.18. The summed E-state index contributed by atoms with van der Waals surface area (Å²) in [6.45, 7) is 12.9. The van der Waals surface area contributed by atoms with Crippen molar-refractivity contribution in [1.29, 1.82) is 0 Å². The van der Waals surface area contributed by atoms with Gasteiger partial charge in [-0.1, -0.05) is 26.1 Å². The second-order valence-electron chi connectivity index (χ2n) is 8.07. The number of fused-ring (bicyclic) bond motifs is 1. The highest BCUT2D eigenvalue weighted by atomic mass is 15.5. The Hall–Kier alpha value is -3.19. The normalized spacial score (nSPS) is 16.4. The molecule has 0 bridgehead atoms. The summed E-state index contributed by atoms with van der Waals surface area (Å²) in [7, 11) is 2.18. The first kappa shape index (κ1) is 22.5. The molecule has 1 atom stereocenters. The Labute approximate surface area is 185 Å². The van der Waals surface area contributed by atoms with Gasteiger partial charge in [0.05, 0.1) is 18.1 Å².